The van der Waals surface area contributed by atoms with Gasteiger partial charge in [-0.1, -0.05) is 48.5 Å². The number of benzene rings is 2. The highest BCUT2D eigenvalue weighted by atomic mass is 16.6. The summed E-state index contributed by atoms with van der Waals surface area (Å²) in [4.78, 5) is 29.7. The number of carbonyl (C=O) groups is 2. The summed E-state index contributed by atoms with van der Waals surface area (Å²) in [7, 11) is 0. The Morgan fingerprint density at radius 1 is 1.07 bits per heavy atom. The highest BCUT2D eigenvalue weighted by molar-refractivity contribution is 5.87. The van der Waals surface area contributed by atoms with Crippen LogP contribution >= 0.6 is 0 Å². The molecule has 0 atom stereocenters. The summed E-state index contributed by atoms with van der Waals surface area (Å²) in [6.45, 7) is 1.09. The van der Waals surface area contributed by atoms with Gasteiger partial charge in [-0.15, -0.1) is 0 Å². The molecule has 0 unspecified atom stereocenters. The van der Waals surface area contributed by atoms with Crippen LogP contribution in [0.3, 0.4) is 0 Å². The zero-order chi connectivity index (χ0) is 20.7. The number of carboxylic acid groups (broad SMARTS) is 1. The molecule has 0 radical (unpaired) electrons. The van der Waals surface area contributed by atoms with E-state index in [1.807, 2.05) is 24.3 Å². The Morgan fingerprint density at radius 2 is 1.73 bits per heavy atom. The van der Waals surface area contributed by atoms with Gasteiger partial charge < -0.3 is 14.7 Å². The fourth-order valence-electron chi connectivity index (χ4n) is 4.37. The maximum atomic E-state index is 12.7. The van der Waals surface area contributed by atoms with Crippen molar-refractivity contribution < 1.29 is 19.4 Å². The molecule has 1 aromatic heterocycles. The summed E-state index contributed by atoms with van der Waals surface area (Å²) in [5, 5.41) is 9.12. The van der Waals surface area contributed by atoms with Gasteiger partial charge in [0.1, 0.15) is 6.61 Å². The summed E-state index contributed by atoms with van der Waals surface area (Å²) < 4.78 is 5.72. The summed E-state index contributed by atoms with van der Waals surface area (Å²) in [6, 6.07) is 18.1. The van der Waals surface area contributed by atoms with Gasteiger partial charge in [0.05, 0.1) is 17.8 Å². The fraction of sp³-hybridized carbons (Fsp3) is 0.208. The van der Waals surface area contributed by atoms with Gasteiger partial charge in [0.15, 0.2) is 0 Å². The number of hydrogen-bond donors (Lipinski definition) is 1. The molecule has 2 aromatic carbocycles. The van der Waals surface area contributed by atoms with E-state index in [4.69, 9.17) is 9.84 Å². The minimum atomic E-state index is -0.996. The summed E-state index contributed by atoms with van der Waals surface area (Å²) in [6.07, 6.45) is 1.53. The molecule has 6 heteroatoms. The molecule has 0 saturated carbocycles. The minimum Gasteiger partial charge on any atom is -0.478 e. The predicted molar refractivity (Wildman–Crippen MR) is 110 cm³/mol. The van der Waals surface area contributed by atoms with Crippen LogP contribution in [0.2, 0.25) is 0 Å². The zero-order valence-corrected chi connectivity index (χ0v) is 16.2. The number of fused-ring (bicyclic) bond motifs is 4. The first-order valence-electron chi connectivity index (χ1n) is 9.93. The first-order valence-corrected chi connectivity index (χ1v) is 9.93. The van der Waals surface area contributed by atoms with Crippen molar-refractivity contribution in [3.63, 3.8) is 0 Å². The molecule has 3 aromatic rings. The maximum absolute atomic E-state index is 12.7. The number of aromatic nitrogens is 1. The van der Waals surface area contributed by atoms with Crippen molar-refractivity contribution in [2.75, 3.05) is 13.2 Å². The average Bonchev–Trinajstić information content (AvgIpc) is 3.10. The van der Waals surface area contributed by atoms with E-state index >= 15 is 0 Å². The first kappa shape index (κ1) is 18.4. The third kappa shape index (κ3) is 3.10. The molecule has 0 fully saturated rings. The second-order valence-electron chi connectivity index (χ2n) is 7.61. The number of carbonyl (C=O) groups excluding carboxylic acids is 1. The van der Waals surface area contributed by atoms with Crippen molar-refractivity contribution in [3.05, 3.63) is 88.7 Å². The molecule has 6 nitrogen and oxygen atoms in total. The standard InChI is InChI=1S/C24H20N2O4/c27-23(28)16-11-15-9-10-26(13-22(15)25-12-16)24(29)30-14-21-19-7-3-1-5-17(19)18-6-2-4-8-20(18)21/h1-8,11-12,21H,9-10,13-14H2,(H,27,28). The third-order valence-corrected chi connectivity index (χ3v) is 5.89. The quantitative estimate of drug-likeness (QED) is 0.716. The highest BCUT2D eigenvalue weighted by Gasteiger charge is 2.30. The molecule has 5 rings (SSSR count). The fourth-order valence-corrected chi connectivity index (χ4v) is 4.37. The molecule has 150 valence electrons. The van der Waals surface area contributed by atoms with Crippen molar-refractivity contribution in [3.8, 4) is 11.1 Å². The lowest BCUT2D eigenvalue weighted by Crippen LogP contribution is -2.37. The Bertz CT molecular complexity index is 1110. The van der Waals surface area contributed by atoms with Crippen LogP contribution in [-0.2, 0) is 17.7 Å². The van der Waals surface area contributed by atoms with Crippen LogP contribution < -0.4 is 0 Å². The highest BCUT2D eigenvalue weighted by Crippen LogP contribution is 2.44. The second kappa shape index (κ2) is 7.30. The van der Waals surface area contributed by atoms with E-state index in [1.54, 1.807) is 11.0 Å². The van der Waals surface area contributed by atoms with E-state index in [0.717, 1.165) is 11.3 Å². The molecule has 1 amide bonds. The Kier molecular flexibility index (Phi) is 4.47. The normalized spacial score (nSPS) is 14.6. The predicted octanol–water partition coefficient (Wildman–Crippen LogP) is 4.09. The lowest BCUT2D eigenvalue weighted by molar-refractivity contribution is 0.0695. The van der Waals surface area contributed by atoms with Crippen molar-refractivity contribution in [2.45, 2.75) is 18.9 Å². The van der Waals surface area contributed by atoms with Gasteiger partial charge in [-0.3, -0.25) is 4.98 Å². The Balaban J connectivity index is 1.30. The molecule has 1 N–H and O–H groups in total. The topological polar surface area (TPSA) is 79.7 Å². The molecule has 2 heterocycles. The second-order valence-corrected chi connectivity index (χ2v) is 7.61. The SMILES string of the molecule is O=C(O)c1cnc2c(c1)CCN(C(=O)OCC1c3ccccc3-c3ccccc31)C2. The van der Waals surface area contributed by atoms with Gasteiger partial charge in [0.2, 0.25) is 0 Å². The number of hydrogen-bond acceptors (Lipinski definition) is 4. The lowest BCUT2D eigenvalue weighted by atomic mass is 9.98. The summed E-state index contributed by atoms with van der Waals surface area (Å²) in [5.74, 6) is -0.973. The van der Waals surface area contributed by atoms with Gasteiger partial charge in [0.25, 0.3) is 0 Å². The van der Waals surface area contributed by atoms with Gasteiger partial charge in [-0.2, -0.15) is 0 Å². The number of pyridine rings is 1. The minimum absolute atomic E-state index is 0.0228. The van der Waals surface area contributed by atoms with Crippen LogP contribution in [-0.4, -0.2) is 40.2 Å². The largest absolute Gasteiger partial charge is 0.478 e. The summed E-state index contributed by atoms with van der Waals surface area (Å²) in [5.41, 5.74) is 6.51. The van der Waals surface area contributed by atoms with Crippen LogP contribution in [0.15, 0.2) is 60.8 Å². The Labute approximate surface area is 173 Å². The molecular formula is C24H20N2O4. The van der Waals surface area contributed by atoms with Gasteiger partial charge >= 0.3 is 12.1 Å². The van der Waals surface area contributed by atoms with E-state index < -0.39 is 5.97 Å². The van der Waals surface area contributed by atoms with Crippen LogP contribution in [0, 0.1) is 0 Å². The van der Waals surface area contributed by atoms with E-state index in [9.17, 15) is 9.59 Å². The van der Waals surface area contributed by atoms with Crippen molar-refractivity contribution in [1.82, 2.24) is 9.88 Å². The monoisotopic (exact) mass is 400 g/mol. The van der Waals surface area contributed by atoms with E-state index in [1.165, 1.54) is 28.5 Å². The average molecular weight is 400 g/mol. The van der Waals surface area contributed by atoms with E-state index in [0.29, 0.717) is 19.5 Å². The smallest absolute Gasteiger partial charge is 0.410 e. The van der Waals surface area contributed by atoms with E-state index in [-0.39, 0.29) is 24.2 Å². The molecule has 0 spiro atoms. The van der Waals surface area contributed by atoms with Crippen molar-refractivity contribution in [2.24, 2.45) is 0 Å². The lowest BCUT2D eigenvalue weighted by Gasteiger charge is -2.28. The Morgan fingerprint density at radius 3 is 2.40 bits per heavy atom. The molecule has 2 aliphatic rings. The van der Waals surface area contributed by atoms with Crippen LogP contribution in [0.4, 0.5) is 4.79 Å². The summed E-state index contributed by atoms with van der Waals surface area (Å²) >= 11 is 0. The van der Waals surface area contributed by atoms with Crippen molar-refractivity contribution >= 4 is 12.1 Å². The van der Waals surface area contributed by atoms with Crippen molar-refractivity contribution in [1.29, 1.82) is 0 Å². The first-order chi connectivity index (χ1) is 14.6. The van der Waals surface area contributed by atoms with Crippen LogP contribution in [0.1, 0.15) is 38.7 Å². The number of rotatable bonds is 3. The molecule has 0 saturated heterocycles. The zero-order valence-electron chi connectivity index (χ0n) is 16.2. The number of aromatic carboxylic acids is 1. The number of amides is 1. The van der Waals surface area contributed by atoms with Gasteiger partial charge in [-0.25, -0.2) is 9.59 Å². The third-order valence-electron chi connectivity index (χ3n) is 5.89. The molecule has 0 bridgehead atoms. The maximum Gasteiger partial charge on any atom is 0.410 e. The molecule has 1 aliphatic carbocycles. The van der Waals surface area contributed by atoms with Gasteiger partial charge in [0, 0.05) is 18.7 Å². The Hall–Kier alpha value is -3.67. The van der Waals surface area contributed by atoms with Gasteiger partial charge in [-0.05, 0) is 40.3 Å². The molecule has 30 heavy (non-hydrogen) atoms. The molecular weight excluding hydrogens is 380 g/mol. The number of ether oxygens (including phenoxy) is 1. The van der Waals surface area contributed by atoms with Crippen LogP contribution in [0.5, 0.6) is 0 Å². The molecule has 1 aliphatic heterocycles. The van der Waals surface area contributed by atoms with E-state index in [2.05, 4.69) is 29.2 Å². The van der Waals surface area contributed by atoms with Crippen LogP contribution in [0.25, 0.3) is 11.1 Å². The number of nitrogens with zero attached hydrogens (tertiary/aromatic N) is 2. The number of carboxylic acids is 1.